The Morgan fingerprint density at radius 3 is 1.71 bits per heavy atom. The van der Waals surface area contributed by atoms with Crippen molar-refractivity contribution in [2.45, 2.75) is 47.1 Å². The van der Waals surface area contributed by atoms with Crippen LogP contribution in [0.5, 0.6) is 23.0 Å². The third-order valence-electron chi connectivity index (χ3n) is 6.72. The van der Waals surface area contributed by atoms with Crippen LogP contribution in [-0.2, 0) is 19.9 Å². The van der Waals surface area contributed by atoms with E-state index in [0.29, 0.717) is 16.7 Å². The maximum absolute atomic E-state index is 13.2. The number of hydrogen-bond donors (Lipinski definition) is 0. The van der Waals surface area contributed by atoms with E-state index >= 15 is 0 Å². The van der Waals surface area contributed by atoms with E-state index in [1.54, 1.807) is 65.8 Å². The molecule has 0 aromatic heterocycles. The number of fused-ring (bicyclic) bond motifs is 6. The number of amides is 1. The molecule has 2 aliphatic heterocycles. The summed E-state index contributed by atoms with van der Waals surface area (Å²) in [6.07, 6.45) is 0. The van der Waals surface area contributed by atoms with Gasteiger partial charge in [-0.1, -0.05) is 0 Å². The summed E-state index contributed by atoms with van der Waals surface area (Å²) in [6.45, 7) is 10.3. The van der Waals surface area contributed by atoms with Crippen LogP contribution < -0.4 is 14.2 Å². The Hall–Kier alpha value is -4.86. The summed E-state index contributed by atoms with van der Waals surface area (Å²) in [5.41, 5.74) is -1.94. The third kappa shape index (κ3) is 4.65. The molecule has 1 amide bonds. The van der Waals surface area contributed by atoms with Crippen LogP contribution in [0.25, 0.3) is 0 Å². The predicted molar refractivity (Wildman–Crippen MR) is 145 cm³/mol. The number of hydrogen-bond acceptors (Lipinski definition) is 9. The van der Waals surface area contributed by atoms with E-state index in [4.69, 9.17) is 18.9 Å². The minimum absolute atomic E-state index is 0.0301. The molecule has 3 aromatic rings. The van der Waals surface area contributed by atoms with Gasteiger partial charge in [0, 0.05) is 39.6 Å². The first kappa shape index (κ1) is 27.7. The Balaban J connectivity index is 1.71. The lowest BCUT2D eigenvalue weighted by molar-refractivity contribution is -0.143. The first-order valence-corrected chi connectivity index (χ1v) is 12.8. The van der Waals surface area contributed by atoms with Crippen molar-refractivity contribution in [2.75, 3.05) is 0 Å². The van der Waals surface area contributed by atoms with E-state index in [9.17, 15) is 24.1 Å². The maximum Gasteiger partial charge on any atom is 0.340 e. The maximum atomic E-state index is 13.2. The Kier molecular flexibility index (Phi) is 6.32. The largest absolute Gasteiger partial charge is 0.456 e. The summed E-state index contributed by atoms with van der Waals surface area (Å²) >= 11 is 0. The predicted octanol–water partition coefficient (Wildman–Crippen LogP) is 6.06. The van der Waals surface area contributed by atoms with Gasteiger partial charge in [0.05, 0.1) is 16.4 Å². The van der Waals surface area contributed by atoms with Crippen LogP contribution in [0.4, 0.5) is 0 Å². The lowest BCUT2D eigenvalue weighted by atomic mass is 9.77. The number of benzene rings is 3. The van der Waals surface area contributed by atoms with Crippen molar-refractivity contribution in [3.8, 4) is 23.0 Å². The normalized spacial score (nSPS) is 14.6. The summed E-state index contributed by atoms with van der Waals surface area (Å²) in [5, 5.41) is 2.51. The molecule has 5 rings (SSSR count). The van der Waals surface area contributed by atoms with Gasteiger partial charge >= 0.3 is 23.8 Å². The van der Waals surface area contributed by atoms with E-state index < -0.39 is 40.2 Å². The number of nitrogens with zero attached hydrogens (tertiary/aromatic N) is 1. The summed E-state index contributed by atoms with van der Waals surface area (Å²) in [5.74, 6) is -1.84. The van der Waals surface area contributed by atoms with Crippen LogP contribution in [0.15, 0.2) is 59.8 Å². The molecule has 0 unspecified atom stereocenters. The monoisotopic (exact) mass is 557 g/mol. The first-order chi connectivity index (χ1) is 19.1. The highest BCUT2D eigenvalue weighted by Crippen LogP contribution is 2.57. The molecule has 0 bridgehead atoms. The van der Waals surface area contributed by atoms with E-state index in [-0.39, 0.29) is 34.1 Å². The van der Waals surface area contributed by atoms with Crippen LogP contribution in [0.2, 0.25) is 0 Å². The van der Waals surface area contributed by atoms with Gasteiger partial charge < -0.3 is 18.9 Å². The van der Waals surface area contributed by atoms with E-state index in [0.717, 1.165) is 0 Å². The number of ether oxygens (including phenoxy) is 4. The molecular weight excluding hydrogens is 530 g/mol. The highest BCUT2D eigenvalue weighted by molar-refractivity contribution is 6.01. The fourth-order valence-electron chi connectivity index (χ4n) is 4.52. The van der Waals surface area contributed by atoms with Gasteiger partial charge in [0.1, 0.15) is 23.0 Å². The standard InChI is InChI=1S/C31H27NO9/c1-29(2,3)27(35)38-17-8-11-20-23(14-17)40-24-15-18(39-28(36)30(4,5)6)9-12-21(24)31(20)22-13-16(25(33)32-37)7-10-19(22)26(34)41-31/h7-15H,1-6H3. The Labute approximate surface area is 235 Å². The molecule has 2 heterocycles. The van der Waals surface area contributed by atoms with Gasteiger partial charge in [-0.05, 0) is 84.0 Å². The zero-order valence-corrected chi connectivity index (χ0v) is 23.3. The lowest BCUT2D eigenvalue weighted by Gasteiger charge is -2.36. The molecule has 1 spiro atoms. The van der Waals surface area contributed by atoms with Crippen LogP contribution >= 0.6 is 0 Å². The average molecular weight is 558 g/mol. The van der Waals surface area contributed by atoms with E-state index in [1.165, 1.54) is 30.3 Å². The zero-order chi connectivity index (χ0) is 29.9. The highest BCUT2D eigenvalue weighted by atomic mass is 16.6. The molecule has 0 radical (unpaired) electrons. The van der Waals surface area contributed by atoms with Gasteiger partial charge in [-0.3, -0.25) is 14.4 Å². The van der Waals surface area contributed by atoms with Crippen LogP contribution in [0.1, 0.15) is 78.9 Å². The van der Waals surface area contributed by atoms with Crippen molar-refractivity contribution in [1.29, 1.82) is 0 Å². The number of nitroso groups, excluding NO2 is 1. The fraction of sp³-hybridized carbons (Fsp3) is 0.290. The van der Waals surface area contributed by atoms with Gasteiger partial charge in [0.15, 0.2) is 5.60 Å². The van der Waals surface area contributed by atoms with Crippen LogP contribution in [0, 0.1) is 15.7 Å². The Morgan fingerprint density at radius 2 is 1.24 bits per heavy atom. The molecule has 10 heteroatoms. The summed E-state index contributed by atoms with van der Waals surface area (Å²) < 4.78 is 23.4. The van der Waals surface area contributed by atoms with Gasteiger partial charge in [0.2, 0.25) is 0 Å². The van der Waals surface area contributed by atoms with Gasteiger partial charge in [-0.15, -0.1) is 4.91 Å². The quantitative estimate of drug-likeness (QED) is 0.214. The van der Waals surface area contributed by atoms with Crippen molar-refractivity contribution in [3.63, 3.8) is 0 Å². The molecule has 210 valence electrons. The second-order valence-corrected chi connectivity index (χ2v) is 11.9. The average Bonchev–Trinajstić information content (AvgIpc) is 3.18. The second kappa shape index (κ2) is 9.36. The number of carbonyl (C=O) groups excluding carboxylic acids is 4. The molecule has 41 heavy (non-hydrogen) atoms. The van der Waals surface area contributed by atoms with Gasteiger partial charge in [0.25, 0.3) is 0 Å². The molecular formula is C31H27NO9. The van der Waals surface area contributed by atoms with Gasteiger partial charge in [-0.2, -0.15) is 0 Å². The lowest BCUT2D eigenvalue weighted by Crippen LogP contribution is -2.33. The molecule has 0 atom stereocenters. The van der Waals surface area contributed by atoms with E-state index in [2.05, 4.69) is 5.18 Å². The molecule has 0 saturated carbocycles. The molecule has 0 N–H and O–H groups in total. The van der Waals surface area contributed by atoms with Crippen molar-refractivity contribution in [2.24, 2.45) is 16.0 Å². The van der Waals surface area contributed by atoms with Crippen LogP contribution in [-0.4, -0.2) is 23.8 Å². The third-order valence-corrected chi connectivity index (χ3v) is 6.72. The summed E-state index contributed by atoms with van der Waals surface area (Å²) in [7, 11) is 0. The SMILES string of the molecule is CC(C)(C)C(=O)Oc1ccc2c(c1)Oc1cc(OC(=O)C(C)(C)C)ccc1C21OC(=O)c2ccc(C(=O)N=O)cc21. The van der Waals surface area contributed by atoms with Crippen molar-refractivity contribution >= 4 is 23.8 Å². The van der Waals surface area contributed by atoms with Crippen molar-refractivity contribution < 1.29 is 38.1 Å². The molecule has 0 fully saturated rings. The van der Waals surface area contributed by atoms with Crippen molar-refractivity contribution in [1.82, 2.24) is 0 Å². The first-order valence-electron chi connectivity index (χ1n) is 12.8. The molecule has 2 aliphatic rings. The number of carbonyl (C=O) groups is 4. The molecule has 10 nitrogen and oxygen atoms in total. The molecule has 0 saturated heterocycles. The fourth-order valence-corrected chi connectivity index (χ4v) is 4.52. The topological polar surface area (TPSA) is 135 Å². The second-order valence-electron chi connectivity index (χ2n) is 11.9. The van der Waals surface area contributed by atoms with Crippen LogP contribution in [0.3, 0.4) is 0 Å². The number of esters is 3. The molecule has 0 aliphatic carbocycles. The zero-order valence-electron chi connectivity index (χ0n) is 23.3. The highest BCUT2D eigenvalue weighted by Gasteiger charge is 2.54. The van der Waals surface area contributed by atoms with Crippen molar-refractivity contribution in [3.05, 3.63) is 87.3 Å². The molecule has 3 aromatic carbocycles. The minimum atomic E-state index is -1.60. The van der Waals surface area contributed by atoms with E-state index in [1.807, 2.05) is 0 Å². The Bertz CT molecular complexity index is 1580. The smallest absolute Gasteiger partial charge is 0.340 e. The Morgan fingerprint density at radius 1 is 0.732 bits per heavy atom. The number of rotatable bonds is 3. The van der Waals surface area contributed by atoms with Gasteiger partial charge in [-0.25, -0.2) is 4.79 Å². The summed E-state index contributed by atoms with van der Waals surface area (Å²) in [6, 6.07) is 13.4. The summed E-state index contributed by atoms with van der Waals surface area (Å²) in [4.78, 5) is 61.5. The minimum Gasteiger partial charge on any atom is -0.456 e.